The maximum absolute atomic E-state index is 13.0. The van der Waals surface area contributed by atoms with Gasteiger partial charge >= 0.3 is 0 Å². The highest BCUT2D eigenvalue weighted by molar-refractivity contribution is 7.99. The summed E-state index contributed by atoms with van der Waals surface area (Å²) >= 11 is 7.85. The van der Waals surface area contributed by atoms with Gasteiger partial charge in [-0.25, -0.2) is 0 Å². The van der Waals surface area contributed by atoms with Crippen LogP contribution < -0.4 is 5.32 Å². The molecule has 2 amide bonds. The standard InChI is InChI=1S/C23H29ClN2O2S/c1-4-13-25-23(28)18(3)26(14-20-7-5-6-8-21(20)24)22(27)16-29-15-19-11-9-17(2)10-12-19/h5-12,18H,4,13-16H2,1-3H3,(H,25,28). The average molecular weight is 433 g/mol. The summed E-state index contributed by atoms with van der Waals surface area (Å²) in [6.07, 6.45) is 0.851. The molecule has 0 fully saturated rings. The van der Waals surface area contributed by atoms with E-state index < -0.39 is 6.04 Å². The van der Waals surface area contributed by atoms with Crippen molar-refractivity contribution < 1.29 is 9.59 Å². The highest BCUT2D eigenvalue weighted by Gasteiger charge is 2.26. The first kappa shape index (κ1) is 23.3. The summed E-state index contributed by atoms with van der Waals surface area (Å²) in [6.45, 7) is 6.73. The summed E-state index contributed by atoms with van der Waals surface area (Å²) in [4.78, 5) is 27.1. The molecule has 0 saturated heterocycles. The molecule has 29 heavy (non-hydrogen) atoms. The second kappa shape index (κ2) is 11.9. The molecular formula is C23H29ClN2O2S. The Balaban J connectivity index is 2.05. The predicted molar refractivity (Wildman–Crippen MR) is 122 cm³/mol. The molecule has 0 spiro atoms. The average Bonchev–Trinajstić information content (AvgIpc) is 2.72. The Morgan fingerprint density at radius 2 is 1.83 bits per heavy atom. The lowest BCUT2D eigenvalue weighted by atomic mass is 10.1. The van der Waals surface area contributed by atoms with Crippen LogP contribution in [0.15, 0.2) is 48.5 Å². The van der Waals surface area contributed by atoms with Crippen molar-refractivity contribution in [3.05, 3.63) is 70.2 Å². The number of carbonyl (C=O) groups excluding carboxylic acids is 2. The number of thioether (sulfide) groups is 1. The van der Waals surface area contributed by atoms with E-state index in [1.54, 1.807) is 29.7 Å². The largest absolute Gasteiger partial charge is 0.354 e. The number of hydrogen-bond donors (Lipinski definition) is 1. The first-order valence-corrected chi connectivity index (χ1v) is 11.4. The Labute approximate surface area is 183 Å². The van der Waals surface area contributed by atoms with Gasteiger partial charge in [-0.3, -0.25) is 9.59 Å². The molecule has 2 aromatic rings. The Hall–Kier alpha value is -1.98. The molecule has 1 N–H and O–H groups in total. The molecule has 156 valence electrons. The third-order valence-corrected chi connectivity index (χ3v) is 5.99. The van der Waals surface area contributed by atoms with E-state index >= 15 is 0 Å². The first-order valence-electron chi connectivity index (χ1n) is 9.86. The number of amides is 2. The van der Waals surface area contributed by atoms with Crippen LogP contribution in [0.4, 0.5) is 0 Å². The lowest BCUT2D eigenvalue weighted by molar-refractivity contribution is -0.138. The molecule has 0 radical (unpaired) electrons. The first-order chi connectivity index (χ1) is 13.9. The van der Waals surface area contributed by atoms with Gasteiger partial charge in [-0.1, -0.05) is 66.6 Å². The number of nitrogens with one attached hydrogen (secondary N) is 1. The van der Waals surface area contributed by atoms with E-state index in [1.165, 1.54) is 11.1 Å². The van der Waals surface area contributed by atoms with E-state index in [0.29, 0.717) is 23.9 Å². The number of carbonyl (C=O) groups is 2. The van der Waals surface area contributed by atoms with Crippen molar-refractivity contribution in [3.63, 3.8) is 0 Å². The molecule has 1 unspecified atom stereocenters. The zero-order chi connectivity index (χ0) is 21.2. The lowest BCUT2D eigenvalue weighted by Gasteiger charge is -2.29. The third-order valence-electron chi connectivity index (χ3n) is 4.63. The zero-order valence-corrected chi connectivity index (χ0v) is 18.9. The van der Waals surface area contributed by atoms with Crippen molar-refractivity contribution >= 4 is 35.2 Å². The van der Waals surface area contributed by atoms with Crippen LogP contribution in [0, 0.1) is 6.92 Å². The molecule has 0 aliphatic carbocycles. The molecule has 0 saturated carbocycles. The van der Waals surface area contributed by atoms with Crippen molar-refractivity contribution in [2.24, 2.45) is 0 Å². The van der Waals surface area contributed by atoms with Gasteiger partial charge in [-0.2, -0.15) is 0 Å². The maximum Gasteiger partial charge on any atom is 0.242 e. The summed E-state index contributed by atoms with van der Waals surface area (Å²) in [6, 6.07) is 15.2. The maximum atomic E-state index is 13.0. The molecule has 0 heterocycles. The van der Waals surface area contributed by atoms with Gasteiger partial charge < -0.3 is 10.2 Å². The number of nitrogens with zero attached hydrogens (tertiary/aromatic N) is 1. The number of halogens is 1. The molecule has 4 nitrogen and oxygen atoms in total. The van der Waals surface area contributed by atoms with Gasteiger partial charge in [0.2, 0.25) is 11.8 Å². The van der Waals surface area contributed by atoms with Crippen molar-refractivity contribution in [1.82, 2.24) is 10.2 Å². The van der Waals surface area contributed by atoms with Crippen LogP contribution in [0.2, 0.25) is 5.02 Å². The van der Waals surface area contributed by atoms with Crippen molar-refractivity contribution in [3.8, 4) is 0 Å². The highest BCUT2D eigenvalue weighted by Crippen LogP contribution is 2.20. The smallest absolute Gasteiger partial charge is 0.242 e. The van der Waals surface area contributed by atoms with Gasteiger partial charge in [0.05, 0.1) is 5.75 Å². The highest BCUT2D eigenvalue weighted by atomic mass is 35.5. The number of aryl methyl sites for hydroxylation is 1. The van der Waals surface area contributed by atoms with E-state index in [4.69, 9.17) is 11.6 Å². The summed E-state index contributed by atoms with van der Waals surface area (Å²) in [5.41, 5.74) is 3.23. The minimum absolute atomic E-state index is 0.0684. The van der Waals surface area contributed by atoms with Crippen molar-refractivity contribution in [1.29, 1.82) is 0 Å². The molecular weight excluding hydrogens is 404 g/mol. The summed E-state index contributed by atoms with van der Waals surface area (Å²) < 4.78 is 0. The second-order valence-corrected chi connectivity index (χ2v) is 8.45. The second-order valence-electron chi connectivity index (χ2n) is 7.06. The minimum atomic E-state index is -0.565. The van der Waals surface area contributed by atoms with Crippen LogP contribution in [0.25, 0.3) is 0 Å². The van der Waals surface area contributed by atoms with Crippen LogP contribution in [-0.2, 0) is 21.9 Å². The molecule has 0 aromatic heterocycles. The van der Waals surface area contributed by atoms with Crippen LogP contribution in [0.1, 0.15) is 37.0 Å². The monoisotopic (exact) mass is 432 g/mol. The quantitative estimate of drug-likeness (QED) is 0.585. The Morgan fingerprint density at radius 1 is 1.14 bits per heavy atom. The van der Waals surface area contributed by atoms with Gasteiger partial charge in [0, 0.05) is 23.9 Å². The van der Waals surface area contributed by atoms with Crippen LogP contribution in [-0.4, -0.2) is 35.1 Å². The van der Waals surface area contributed by atoms with Crippen LogP contribution >= 0.6 is 23.4 Å². The van der Waals surface area contributed by atoms with Gasteiger partial charge in [-0.05, 0) is 37.5 Å². The van der Waals surface area contributed by atoms with Crippen LogP contribution in [0.3, 0.4) is 0 Å². The zero-order valence-electron chi connectivity index (χ0n) is 17.3. The topological polar surface area (TPSA) is 49.4 Å². The Bertz CT molecular complexity index is 811. The molecule has 2 rings (SSSR count). The normalized spacial score (nSPS) is 11.7. The SMILES string of the molecule is CCCNC(=O)C(C)N(Cc1ccccc1Cl)C(=O)CSCc1ccc(C)cc1. The summed E-state index contributed by atoms with van der Waals surface area (Å²) in [5, 5.41) is 3.48. The molecule has 0 bridgehead atoms. The summed E-state index contributed by atoms with van der Waals surface area (Å²) in [7, 11) is 0. The molecule has 0 aliphatic rings. The molecule has 1 atom stereocenters. The Morgan fingerprint density at radius 3 is 2.48 bits per heavy atom. The van der Waals surface area contributed by atoms with E-state index in [0.717, 1.165) is 17.7 Å². The Kier molecular flexibility index (Phi) is 9.55. The minimum Gasteiger partial charge on any atom is -0.354 e. The van der Waals surface area contributed by atoms with E-state index in [1.807, 2.05) is 25.1 Å². The van der Waals surface area contributed by atoms with Crippen molar-refractivity contribution in [2.45, 2.75) is 45.5 Å². The fraction of sp³-hybridized carbons (Fsp3) is 0.391. The van der Waals surface area contributed by atoms with Gasteiger partial charge in [0.25, 0.3) is 0 Å². The molecule has 0 aliphatic heterocycles. The fourth-order valence-electron chi connectivity index (χ4n) is 2.81. The van der Waals surface area contributed by atoms with Crippen molar-refractivity contribution in [2.75, 3.05) is 12.3 Å². The molecule has 6 heteroatoms. The van der Waals surface area contributed by atoms with E-state index in [9.17, 15) is 9.59 Å². The van der Waals surface area contributed by atoms with Gasteiger partial charge in [0.15, 0.2) is 0 Å². The fourth-order valence-corrected chi connectivity index (χ4v) is 3.88. The number of benzene rings is 2. The predicted octanol–water partition coefficient (Wildman–Crippen LogP) is 4.83. The number of hydrogen-bond acceptors (Lipinski definition) is 3. The number of rotatable bonds is 10. The van der Waals surface area contributed by atoms with E-state index in [-0.39, 0.29) is 11.8 Å². The lowest BCUT2D eigenvalue weighted by Crippen LogP contribution is -2.48. The summed E-state index contributed by atoms with van der Waals surface area (Å²) in [5.74, 6) is 0.850. The molecule has 2 aromatic carbocycles. The van der Waals surface area contributed by atoms with Gasteiger partial charge in [-0.15, -0.1) is 11.8 Å². The van der Waals surface area contributed by atoms with E-state index in [2.05, 4.69) is 36.5 Å². The third kappa shape index (κ3) is 7.41. The van der Waals surface area contributed by atoms with Gasteiger partial charge in [0.1, 0.15) is 6.04 Å². The van der Waals surface area contributed by atoms with Crippen LogP contribution in [0.5, 0.6) is 0 Å².